The zero-order chi connectivity index (χ0) is 22.5. The summed E-state index contributed by atoms with van der Waals surface area (Å²) in [5.74, 6) is 0.877. The van der Waals surface area contributed by atoms with Gasteiger partial charge in [0, 0.05) is 25.4 Å². The Balaban J connectivity index is 1.41. The van der Waals surface area contributed by atoms with Crippen LogP contribution in [-0.2, 0) is 4.79 Å². The van der Waals surface area contributed by atoms with Crippen LogP contribution in [0.15, 0.2) is 61.1 Å². The minimum atomic E-state index is -0.214. The molecular formula is C26H28FN3O2. The zero-order valence-electron chi connectivity index (χ0n) is 18.5. The molecule has 1 saturated heterocycles. The van der Waals surface area contributed by atoms with E-state index in [1.54, 1.807) is 19.5 Å². The second-order valence-corrected chi connectivity index (χ2v) is 8.19. The first kappa shape index (κ1) is 21.8. The number of amides is 1. The highest BCUT2D eigenvalue weighted by molar-refractivity contribution is 5.92. The van der Waals surface area contributed by atoms with Gasteiger partial charge in [0.2, 0.25) is 5.91 Å². The second-order valence-electron chi connectivity index (χ2n) is 8.19. The Morgan fingerprint density at radius 2 is 1.97 bits per heavy atom. The van der Waals surface area contributed by atoms with Crippen LogP contribution in [0.3, 0.4) is 0 Å². The molecule has 166 valence electrons. The van der Waals surface area contributed by atoms with Gasteiger partial charge in [-0.2, -0.15) is 0 Å². The average molecular weight is 434 g/mol. The largest absolute Gasteiger partial charge is 0.495 e. The molecule has 0 spiro atoms. The molecule has 1 atom stereocenters. The molecule has 2 heterocycles. The third kappa shape index (κ3) is 5.07. The number of halogens is 1. The quantitative estimate of drug-likeness (QED) is 0.524. The summed E-state index contributed by atoms with van der Waals surface area (Å²) in [5.41, 5.74) is 3.88. The van der Waals surface area contributed by atoms with E-state index in [1.807, 2.05) is 59.0 Å². The first-order chi connectivity index (χ1) is 15.5. The minimum absolute atomic E-state index is 0.0121. The molecule has 1 fully saturated rings. The number of methoxy groups -OCH3 is 1. The lowest BCUT2D eigenvalue weighted by Gasteiger charge is -2.19. The van der Waals surface area contributed by atoms with Crippen LogP contribution >= 0.6 is 0 Å². The van der Waals surface area contributed by atoms with Gasteiger partial charge in [-0.05, 0) is 73.6 Å². The third-order valence-corrected chi connectivity index (χ3v) is 5.99. The fourth-order valence-corrected chi connectivity index (χ4v) is 4.22. The summed E-state index contributed by atoms with van der Waals surface area (Å²) in [7, 11) is 1.63. The number of rotatable bonds is 5. The summed E-state index contributed by atoms with van der Waals surface area (Å²) in [6, 6.07) is 12.6. The summed E-state index contributed by atoms with van der Waals surface area (Å²) in [6.07, 6.45) is 9.99. The van der Waals surface area contributed by atoms with Crippen molar-refractivity contribution in [1.29, 1.82) is 0 Å². The van der Waals surface area contributed by atoms with Gasteiger partial charge >= 0.3 is 0 Å². The van der Waals surface area contributed by atoms with E-state index in [0.717, 1.165) is 48.3 Å². The number of carbonyl (C=O) groups is 1. The van der Waals surface area contributed by atoms with Crippen LogP contribution in [0, 0.1) is 12.7 Å². The smallest absolute Gasteiger partial charge is 0.246 e. The number of hydrogen-bond acceptors (Lipinski definition) is 3. The predicted octanol–water partition coefficient (Wildman–Crippen LogP) is 5.14. The first-order valence-corrected chi connectivity index (χ1v) is 10.9. The summed E-state index contributed by atoms with van der Waals surface area (Å²) >= 11 is 0. The second kappa shape index (κ2) is 9.81. The van der Waals surface area contributed by atoms with E-state index >= 15 is 0 Å². The fourth-order valence-electron chi connectivity index (χ4n) is 4.22. The number of ether oxygens (including phenoxy) is 1. The van der Waals surface area contributed by atoms with E-state index in [9.17, 15) is 9.18 Å². The maximum atomic E-state index is 13.2. The van der Waals surface area contributed by atoms with Gasteiger partial charge in [-0.1, -0.05) is 18.2 Å². The van der Waals surface area contributed by atoms with Gasteiger partial charge < -0.3 is 14.2 Å². The van der Waals surface area contributed by atoms with E-state index in [4.69, 9.17) is 4.74 Å². The first-order valence-electron chi connectivity index (χ1n) is 10.9. The highest BCUT2D eigenvalue weighted by Gasteiger charge is 2.20. The minimum Gasteiger partial charge on any atom is -0.495 e. The monoisotopic (exact) mass is 433 g/mol. The highest BCUT2D eigenvalue weighted by atomic mass is 19.1. The Morgan fingerprint density at radius 1 is 1.16 bits per heavy atom. The maximum Gasteiger partial charge on any atom is 0.246 e. The lowest BCUT2D eigenvalue weighted by molar-refractivity contribution is -0.125. The van der Waals surface area contributed by atoms with E-state index in [-0.39, 0.29) is 11.7 Å². The van der Waals surface area contributed by atoms with Crippen molar-refractivity contribution >= 4 is 12.0 Å². The van der Waals surface area contributed by atoms with Crippen molar-refractivity contribution in [3.63, 3.8) is 0 Å². The van der Waals surface area contributed by atoms with Crippen molar-refractivity contribution in [3.05, 3.63) is 83.7 Å². The number of benzene rings is 2. The molecule has 2 aromatic carbocycles. The van der Waals surface area contributed by atoms with E-state index < -0.39 is 0 Å². The predicted molar refractivity (Wildman–Crippen MR) is 123 cm³/mol. The Hall–Kier alpha value is -3.41. The van der Waals surface area contributed by atoms with Crippen molar-refractivity contribution in [2.75, 3.05) is 20.2 Å². The lowest BCUT2D eigenvalue weighted by atomic mass is 9.92. The molecule has 3 aromatic rings. The van der Waals surface area contributed by atoms with Crippen LogP contribution in [-0.4, -0.2) is 40.6 Å². The van der Waals surface area contributed by atoms with E-state index in [1.165, 1.54) is 12.1 Å². The van der Waals surface area contributed by atoms with Gasteiger partial charge in [-0.15, -0.1) is 0 Å². The Kier molecular flexibility index (Phi) is 6.69. The van der Waals surface area contributed by atoms with Crippen LogP contribution in [0.2, 0.25) is 0 Å². The van der Waals surface area contributed by atoms with Gasteiger partial charge in [-0.3, -0.25) is 4.79 Å². The van der Waals surface area contributed by atoms with Crippen molar-refractivity contribution in [2.24, 2.45) is 0 Å². The molecule has 1 unspecified atom stereocenters. The SMILES string of the molecule is COc1cc(C=CC(=O)N2CCCC(c3ccc(F)cc3)CC2)ccc1-n1cnc(C)c1. The van der Waals surface area contributed by atoms with Crippen molar-refractivity contribution in [2.45, 2.75) is 32.1 Å². The molecule has 0 N–H and O–H groups in total. The molecule has 0 aliphatic carbocycles. The van der Waals surface area contributed by atoms with E-state index in [2.05, 4.69) is 4.98 Å². The summed E-state index contributed by atoms with van der Waals surface area (Å²) in [6.45, 7) is 3.38. The molecule has 4 rings (SSSR count). The van der Waals surface area contributed by atoms with Crippen LogP contribution < -0.4 is 4.74 Å². The van der Waals surface area contributed by atoms with Gasteiger partial charge in [-0.25, -0.2) is 9.37 Å². The molecule has 6 heteroatoms. The van der Waals surface area contributed by atoms with Gasteiger partial charge in [0.25, 0.3) is 0 Å². The normalized spacial score (nSPS) is 16.8. The molecule has 0 radical (unpaired) electrons. The number of imidazole rings is 1. The van der Waals surface area contributed by atoms with Crippen molar-refractivity contribution in [3.8, 4) is 11.4 Å². The molecule has 32 heavy (non-hydrogen) atoms. The number of carbonyl (C=O) groups excluding carboxylic acids is 1. The summed E-state index contributed by atoms with van der Waals surface area (Å²) < 4.78 is 20.7. The molecule has 0 bridgehead atoms. The van der Waals surface area contributed by atoms with Crippen LogP contribution in [0.4, 0.5) is 4.39 Å². The molecule has 1 aliphatic rings. The lowest BCUT2D eigenvalue weighted by Crippen LogP contribution is -2.30. The topological polar surface area (TPSA) is 47.4 Å². The fraction of sp³-hybridized carbons (Fsp3) is 0.308. The molecule has 1 aliphatic heterocycles. The van der Waals surface area contributed by atoms with Gasteiger partial charge in [0.1, 0.15) is 11.6 Å². The molecule has 1 amide bonds. The summed E-state index contributed by atoms with van der Waals surface area (Å²) in [4.78, 5) is 19.0. The third-order valence-electron chi connectivity index (χ3n) is 5.99. The Morgan fingerprint density at radius 3 is 2.69 bits per heavy atom. The van der Waals surface area contributed by atoms with Crippen LogP contribution in [0.1, 0.15) is 42.0 Å². The standard InChI is InChI=1S/C26H28FN3O2/c1-19-17-30(18-28-19)24-11-5-20(16-25(24)32-2)6-12-26(31)29-14-3-4-21(13-15-29)22-7-9-23(27)10-8-22/h5-12,16-18,21H,3-4,13-15H2,1-2H3. The zero-order valence-corrected chi connectivity index (χ0v) is 18.5. The summed E-state index contributed by atoms with van der Waals surface area (Å²) in [5, 5.41) is 0. The molecule has 0 saturated carbocycles. The number of aryl methyl sites for hydroxylation is 1. The maximum absolute atomic E-state index is 13.2. The Labute approximate surface area is 188 Å². The molecule has 1 aromatic heterocycles. The molecular weight excluding hydrogens is 405 g/mol. The van der Waals surface area contributed by atoms with Crippen molar-refractivity contribution in [1.82, 2.24) is 14.5 Å². The number of nitrogens with zero attached hydrogens (tertiary/aromatic N) is 3. The van der Waals surface area contributed by atoms with Gasteiger partial charge in [0.05, 0.1) is 24.8 Å². The highest BCUT2D eigenvalue weighted by Crippen LogP contribution is 2.29. The van der Waals surface area contributed by atoms with Gasteiger partial charge in [0.15, 0.2) is 0 Å². The Bertz CT molecular complexity index is 1100. The van der Waals surface area contributed by atoms with Crippen molar-refractivity contribution < 1.29 is 13.9 Å². The number of hydrogen-bond donors (Lipinski definition) is 0. The number of aromatic nitrogens is 2. The number of likely N-dealkylation sites (tertiary alicyclic amines) is 1. The van der Waals surface area contributed by atoms with Crippen LogP contribution in [0.5, 0.6) is 5.75 Å². The average Bonchev–Trinajstić information content (AvgIpc) is 3.09. The molecule has 5 nitrogen and oxygen atoms in total. The van der Waals surface area contributed by atoms with Crippen LogP contribution in [0.25, 0.3) is 11.8 Å². The van der Waals surface area contributed by atoms with E-state index in [0.29, 0.717) is 18.2 Å².